The second kappa shape index (κ2) is 6.28. The minimum atomic E-state index is -3.37. The van der Waals surface area contributed by atoms with Crippen LogP contribution in [-0.4, -0.2) is 37.4 Å². The molecule has 1 saturated heterocycles. The molecule has 1 aromatic carbocycles. The number of sulfone groups is 1. The summed E-state index contributed by atoms with van der Waals surface area (Å²) in [6.45, 7) is 0.177. The fraction of sp³-hybridized carbons (Fsp3) is 0.412. The molecule has 2 amide bonds. The molecule has 5 nitrogen and oxygen atoms in total. The summed E-state index contributed by atoms with van der Waals surface area (Å²) in [5.41, 5.74) is 0. The quantitative estimate of drug-likeness (QED) is 0.608. The largest absolute Gasteiger partial charge is 0.282 e. The average molecular weight is 333 g/mol. The van der Waals surface area contributed by atoms with Crippen LogP contribution in [0.1, 0.15) is 19.3 Å². The molecule has 3 rings (SSSR count). The van der Waals surface area contributed by atoms with Crippen LogP contribution in [0.4, 0.5) is 0 Å². The van der Waals surface area contributed by atoms with Gasteiger partial charge in [0.15, 0.2) is 9.84 Å². The SMILES string of the molecule is O=C1C2CC=CCC2C(=O)N1CCCS(=O)(=O)c1ccccc1. The number of likely N-dealkylation sites (tertiary alicyclic amines) is 1. The van der Waals surface area contributed by atoms with Crippen molar-refractivity contribution in [3.63, 3.8) is 0 Å². The topological polar surface area (TPSA) is 71.5 Å². The molecule has 0 aromatic heterocycles. The number of fused-ring (bicyclic) bond motifs is 1. The smallest absolute Gasteiger partial charge is 0.233 e. The molecule has 2 aliphatic rings. The summed E-state index contributed by atoms with van der Waals surface area (Å²) in [6, 6.07) is 8.23. The normalized spacial score (nSPS) is 24.1. The highest BCUT2D eigenvalue weighted by Gasteiger charge is 2.46. The van der Waals surface area contributed by atoms with E-state index in [-0.39, 0.29) is 47.3 Å². The molecule has 1 aromatic rings. The fourth-order valence-corrected chi connectivity index (χ4v) is 4.56. The van der Waals surface area contributed by atoms with Gasteiger partial charge in [-0.25, -0.2) is 8.42 Å². The van der Waals surface area contributed by atoms with Crippen LogP contribution in [0.25, 0.3) is 0 Å². The maximum absolute atomic E-state index is 12.3. The molecule has 1 aliphatic heterocycles. The maximum atomic E-state index is 12.3. The summed E-state index contributed by atoms with van der Waals surface area (Å²) in [5.74, 6) is -0.874. The molecular weight excluding hydrogens is 314 g/mol. The molecule has 2 unspecified atom stereocenters. The molecular formula is C17H19NO4S. The van der Waals surface area contributed by atoms with E-state index < -0.39 is 9.84 Å². The Labute approximate surface area is 135 Å². The molecule has 0 saturated carbocycles. The highest BCUT2D eigenvalue weighted by Crippen LogP contribution is 2.35. The van der Waals surface area contributed by atoms with Crippen LogP contribution in [0.15, 0.2) is 47.4 Å². The van der Waals surface area contributed by atoms with Gasteiger partial charge in [0, 0.05) is 6.54 Å². The van der Waals surface area contributed by atoms with Crippen molar-refractivity contribution >= 4 is 21.7 Å². The van der Waals surface area contributed by atoms with Gasteiger partial charge in [-0.1, -0.05) is 30.4 Å². The van der Waals surface area contributed by atoms with Gasteiger partial charge in [-0.2, -0.15) is 0 Å². The predicted octanol–water partition coefficient (Wildman–Crippen LogP) is 1.80. The van der Waals surface area contributed by atoms with Crippen molar-refractivity contribution in [1.82, 2.24) is 4.90 Å². The number of hydrogen-bond donors (Lipinski definition) is 0. The number of carbonyl (C=O) groups excluding carboxylic acids is 2. The number of benzene rings is 1. The van der Waals surface area contributed by atoms with Gasteiger partial charge in [0.25, 0.3) is 0 Å². The Morgan fingerprint density at radius 1 is 0.957 bits per heavy atom. The first-order valence-electron chi connectivity index (χ1n) is 7.79. The third-order valence-corrected chi connectivity index (χ3v) is 6.31. The predicted molar refractivity (Wildman–Crippen MR) is 85.2 cm³/mol. The Morgan fingerprint density at radius 2 is 1.52 bits per heavy atom. The zero-order valence-corrected chi connectivity index (χ0v) is 13.5. The molecule has 0 N–H and O–H groups in total. The summed E-state index contributed by atoms with van der Waals surface area (Å²) >= 11 is 0. The minimum absolute atomic E-state index is 0.0678. The van der Waals surface area contributed by atoms with Crippen molar-refractivity contribution in [2.24, 2.45) is 11.8 Å². The lowest BCUT2D eigenvalue weighted by atomic mass is 9.85. The molecule has 0 bridgehead atoms. The lowest BCUT2D eigenvalue weighted by Gasteiger charge is -2.14. The maximum Gasteiger partial charge on any atom is 0.233 e. The first-order chi connectivity index (χ1) is 11.0. The van der Waals surface area contributed by atoms with Crippen LogP contribution in [0.2, 0.25) is 0 Å². The van der Waals surface area contributed by atoms with Gasteiger partial charge in [-0.15, -0.1) is 0 Å². The zero-order chi connectivity index (χ0) is 16.4. The molecule has 0 spiro atoms. The van der Waals surface area contributed by atoms with Crippen molar-refractivity contribution in [2.75, 3.05) is 12.3 Å². The highest BCUT2D eigenvalue weighted by atomic mass is 32.2. The molecule has 0 radical (unpaired) electrons. The van der Waals surface area contributed by atoms with E-state index in [1.807, 2.05) is 12.2 Å². The molecule has 6 heteroatoms. The van der Waals surface area contributed by atoms with E-state index in [4.69, 9.17) is 0 Å². The number of imide groups is 1. The number of amides is 2. The van der Waals surface area contributed by atoms with Gasteiger partial charge in [0.1, 0.15) is 0 Å². The molecule has 1 fully saturated rings. The summed E-state index contributed by atoms with van der Waals surface area (Å²) < 4.78 is 24.4. The second-order valence-corrected chi connectivity index (χ2v) is 8.08. The Bertz CT molecular complexity index is 713. The van der Waals surface area contributed by atoms with Gasteiger partial charge in [0.05, 0.1) is 22.5 Å². The van der Waals surface area contributed by atoms with Crippen molar-refractivity contribution in [3.05, 3.63) is 42.5 Å². The molecule has 122 valence electrons. The zero-order valence-electron chi connectivity index (χ0n) is 12.7. The van der Waals surface area contributed by atoms with Crippen molar-refractivity contribution < 1.29 is 18.0 Å². The monoisotopic (exact) mass is 333 g/mol. The Morgan fingerprint density at radius 3 is 2.09 bits per heavy atom. The van der Waals surface area contributed by atoms with Gasteiger partial charge in [-0.05, 0) is 31.4 Å². The fourth-order valence-electron chi connectivity index (χ4n) is 3.25. The van der Waals surface area contributed by atoms with Crippen LogP contribution in [0.5, 0.6) is 0 Å². The number of rotatable bonds is 5. The lowest BCUT2D eigenvalue weighted by molar-refractivity contribution is -0.139. The van der Waals surface area contributed by atoms with E-state index in [0.29, 0.717) is 12.8 Å². The summed E-state index contributed by atoms with van der Waals surface area (Å²) in [4.78, 5) is 26.1. The standard InChI is InChI=1S/C17H19NO4S/c19-16-14-9-4-5-10-15(14)17(20)18(16)11-6-12-23(21,22)13-7-2-1-3-8-13/h1-5,7-8,14-15H,6,9-12H2. The molecule has 1 heterocycles. The first kappa shape index (κ1) is 15.9. The number of allylic oxidation sites excluding steroid dienone is 2. The van der Waals surface area contributed by atoms with Crippen LogP contribution < -0.4 is 0 Å². The van der Waals surface area contributed by atoms with E-state index in [9.17, 15) is 18.0 Å². The van der Waals surface area contributed by atoms with E-state index in [1.165, 1.54) is 4.90 Å². The second-order valence-electron chi connectivity index (χ2n) is 5.97. The van der Waals surface area contributed by atoms with Gasteiger partial charge in [-0.3, -0.25) is 14.5 Å². The first-order valence-corrected chi connectivity index (χ1v) is 9.44. The summed E-state index contributed by atoms with van der Waals surface area (Å²) in [6.07, 6.45) is 5.36. The molecule has 23 heavy (non-hydrogen) atoms. The lowest BCUT2D eigenvalue weighted by Crippen LogP contribution is -2.33. The number of carbonyl (C=O) groups is 2. The van der Waals surface area contributed by atoms with Crippen LogP contribution in [0.3, 0.4) is 0 Å². The summed E-state index contributed by atoms with van der Waals surface area (Å²) in [7, 11) is -3.37. The van der Waals surface area contributed by atoms with Crippen LogP contribution in [0, 0.1) is 11.8 Å². The minimum Gasteiger partial charge on any atom is -0.282 e. The van der Waals surface area contributed by atoms with E-state index >= 15 is 0 Å². The van der Waals surface area contributed by atoms with Crippen molar-refractivity contribution in [1.29, 1.82) is 0 Å². The third kappa shape index (κ3) is 3.08. The van der Waals surface area contributed by atoms with Crippen LogP contribution >= 0.6 is 0 Å². The van der Waals surface area contributed by atoms with Gasteiger partial charge >= 0.3 is 0 Å². The Balaban J connectivity index is 1.61. The van der Waals surface area contributed by atoms with Gasteiger partial charge in [0.2, 0.25) is 11.8 Å². The number of nitrogens with zero attached hydrogens (tertiary/aromatic N) is 1. The average Bonchev–Trinajstić information content (AvgIpc) is 2.81. The Hall–Kier alpha value is -1.95. The van der Waals surface area contributed by atoms with E-state index in [1.54, 1.807) is 30.3 Å². The summed E-state index contributed by atoms with van der Waals surface area (Å²) in [5, 5.41) is 0. The number of hydrogen-bond acceptors (Lipinski definition) is 4. The van der Waals surface area contributed by atoms with E-state index in [2.05, 4.69) is 0 Å². The molecule has 1 aliphatic carbocycles. The van der Waals surface area contributed by atoms with Gasteiger partial charge < -0.3 is 0 Å². The Kier molecular flexibility index (Phi) is 4.35. The highest BCUT2D eigenvalue weighted by molar-refractivity contribution is 7.91. The van der Waals surface area contributed by atoms with Crippen LogP contribution in [-0.2, 0) is 19.4 Å². The van der Waals surface area contributed by atoms with Crippen molar-refractivity contribution in [2.45, 2.75) is 24.2 Å². The third-order valence-electron chi connectivity index (χ3n) is 4.50. The van der Waals surface area contributed by atoms with Crippen molar-refractivity contribution in [3.8, 4) is 0 Å². The van der Waals surface area contributed by atoms with E-state index in [0.717, 1.165) is 0 Å². The molecule has 2 atom stereocenters.